The quantitative estimate of drug-likeness (QED) is 0.855. The molecule has 2 rings (SSSR count). The third-order valence-corrected chi connectivity index (χ3v) is 4.10. The van der Waals surface area contributed by atoms with Crippen LogP contribution in [-0.4, -0.2) is 53.2 Å². The number of nitrogens with zero attached hydrogens (tertiary/aromatic N) is 3. The van der Waals surface area contributed by atoms with Crippen LogP contribution in [0, 0.1) is 0 Å². The second-order valence-corrected chi connectivity index (χ2v) is 5.50. The van der Waals surface area contributed by atoms with Crippen molar-refractivity contribution in [3.05, 3.63) is 16.4 Å². The van der Waals surface area contributed by atoms with E-state index in [1.54, 1.807) is 0 Å². The summed E-state index contributed by atoms with van der Waals surface area (Å²) < 4.78 is 1.86. The lowest BCUT2D eigenvalue weighted by molar-refractivity contribution is -0.119. The lowest BCUT2D eigenvalue weighted by Crippen LogP contribution is -2.45. The normalized spacial score (nSPS) is 16.6. The lowest BCUT2D eigenvalue weighted by Gasteiger charge is -2.26. The fourth-order valence-corrected chi connectivity index (χ4v) is 2.88. The van der Waals surface area contributed by atoms with Crippen molar-refractivity contribution >= 4 is 17.4 Å². The topological polar surface area (TPSA) is 50.2 Å². The van der Waals surface area contributed by atoms with E-state index in [9.17, 15) is 4.79 Å². The predicted octanol–water partition coefficient (Wildman–Crippen LogP) is 1.14. The standard InChI is InChI=1S/C14H23ClN4O/c1-3-12-14(15)13(19(4-2)17-12)9-11(20)10-18-7-5-16-6-8-18/h16H,3-10H2,1-2H3. The van der Waals surface area contributed by atoms with E-state index in [-0.39, 0.29) is 5.78 Å². The predicted molar refractivity (Wildman–Crippen MR) is 80.3 cm³/mol. The molecule has 0 radical (unpaired) electrons. The van der Waals surface area contributed by atoms with E-state index in [0.717, 1.165) is 50.5 Å². The van der Waals surface area contributed by atoms with Crippen LogP contribution in [0.3, 0.4) is 0 Å². The second-order valence-electron chi connectivity index (χ2n) is 5.12. The molecule has 5 nitrogen and oxygen atoms in total. The number of piperazine rings is 1. The van der Waals surface area contributed by atoms with Gasteiger partial charge in [-0.2, -0.15) is 5.10 Å². The molecule has 1 aromatic heterocycles. The molecular weight excluding hydrogens is 276 g/mol. The number of ketones is 1. The highest BCUT2D eigenvalue weighted by atomic mass is 35.5. The van der Waals surface area contributed by atoms with E-state index in [1.807, 2.05) is 18.5 Å². The molecule has 2 heterocycles. The Morgan fingerprint density at radius 1 is 1.35 bits per heavy atom. The number of nitrogens with one attached hydrogen (secondary N) is 1. The molecule has 1 fully saturated rings. The molecule has 0 amide bonds. The molecule has 0 atom stereocenters. The van der Waals surface area contributed by atoms with Crippen molar-refractivity contribution in [1.82, 2.24) is 20.0 Å². The van der Waals surface area contributed by atoms with Gasteiger partial charge >= 0.3 is 0 Å². The highest BCUT2D eigenvalue weighted by Gasteiger charge is 2.19. The summed E-state index contributed by atoms with van der Waals surface area (Å²) in [6.45, 7) is 9.10. The van der Waals surface area contributed by atoms with Crippen molar-refractivity contribution < 1.29 is 4.79 Å². The summed E-state index contributed by atoms with van der Waals surface area (Å²) in [6, 6.07) is 0. The van der Waals surface area contributed by atoms with E-state index >= 15 is 0 Å². The van der Waals surface area contributed by atoms with Gasteiger partial charge in [0.15, 0.2) is 5.78 Å². The molecule has 1 aliphatic heterocycles. The Morgan fingerprint density at radius 2 is 2.05 bits per heavy atom. The number of carbonyl (C=O) groups excluding carboxylic acids is 1. The van der Waals surface area contributed by atoms with Crippen LogP contribution < -0.4 is 5.32 Å². The Balaban J connectivity index is 2.01. The van der Waals surface area contributed by atoms with Crippen LogP contribution in [0.5, 0.6) is 0 Å². The Hall–Kier alpha value is -0.910. The fraction of sp³-hybridized carbons (Fsp3) is 0.714. The maximum atomic E-state index is 12.2. The Bertz CT molecular complexity index is 466. The van der Waals surface area contributed by atoms with Crippen LogP contribution in [0.15, 0.2) is 0 Å². The lowest BCUT2D eigenvalue weighted by atomic mass is 10.1. The fourth-order valence-electron chi connectivity index (χ4n) is 2.55. The molecule has 112 valence electrons. The van der Waals surface area contributed by atoms with Gasteiger partial charge < -0.3 is 5.32 Å². The van der Waals surface area contributed by atoms with Crippen LogP contribution in [0.2, 0.25) is 5.02 Å². The van der Waals surface area contributed by atoms with Crippen molar-refractivity contribution in [3.8, 4) is 0 Å². The molecule has 0 bridgehead atoms. The van der Waals surface area contributed by atoms with E-state index in [2.05, 4.69) is 15.3 Å². The highest BCUT2D eigenvalue weighted by molar-refractivity contribution is 6.32. The van der Waals surface area contributed by atoms with Crippen molar-refractivity contribution in [2.45, 2.75) is 33.2 Å². The van der Waals surface area contributed by atoms with Gasteiger partial charge in [0.05, 0.1) is 29.4 Å². The van der Waals surface area contributed by atoms with Gasteiger partial charge in [-0.15, -0.1) is 0 Å². The number of hydrogen-bond donors (Lipinski definition) is 1. The summed E-state index contributed by atoms with van der Waals surface area (Å²) in [5.74, 6) is 0.214. The van der Waals surface area contributed by atoms with E-state index in [4.69, 9.17) is 11.6 Å². The smallest absolute Gasteiger partial charge is 0.152 e. The largest absolute Gasteiger partial charge is 0.314 e. The summed E-state index contributed by atoms with van der Waals surface area (Å²) in [5.41, 5.74) is 1.75. The maximum Gasteiger partial charge on any atom is 0.152 e. The van der Waals surface area contributed by atoms with E-state index in [1.165, 1.54) is 0 Å². The Kier molecular flexibility index (Phi) is 5.57. The summed E-state index contributed by atoms with van der Waals surface area (Å²) in [4.78, 5) is 14.4. The molecule has 1 aliphatic rings. The first kappa shape index (κ1) is 15.5. The number of rotatable bonds is 6. The highest BCUT2D eigenvalue weighted by Crippen LogP contribution is 2.22. The molecule has 0 spiro atoms. The summed E-state index contributed by atoms with van der Waals surface area (Å²) in [6.07, 6.45) is 1.18. The molecule has 0 aliphatic carbocycles. The van der Waals surface area contributed by atoms with Gasteiger partial charge in [0, 0.05) is 32.7 Å². The number of aromatic nitrogens is 2. The minimum absolute atomic E-state index is 0.214. The molecule has 1 aromatic rings. The van der Waals surface area contributed by atoms with E-state index < -0.39 is 0 Å². The first-order chi connectivity index (χ1) is 9.65. The molecular formula is C14H23ClN4O. The van der Waals surface area contributed by atoms with Gasteiger partial charge in [-0.05, 0) is 13.3 Å². The maximum absolute atomic E-state index is 12.2. The first-order valence-corrected chi connectivity index (χ1v) is 7.72. The zero-order chi connectivity index (χ0) is 14.5. The monoisotopic (exact) mass is 298 g/mol. The molecule has 0 aromatic carbocycles. The van der Waals surface area contributed by atoms with Gasteiger partial charge in [-0.1, -0.05) is 18.5 Å². The molecule has 6 heteroatoms. The Labute approximate surface area is 125 Å². The van der Waals surface area contributed by atoms with Crippen LogP contribution in [0.1, 0.15) is 25.2 Å². The SMILES string of the molecule is CCc1nn(CC)c(CC(=O)CN2CCNCC2)c1Cl. The minimum atomic E-state index is 0.214. The van der Waals surface area contributed by atoms with Crippen molar-refractivity contribution in [2.24, 2.45) is 0 Å². The zero-order valence-corrected chi connectivity index (χ0v) is 13.0. The van der Waals surface area contributed by atoms with Crippen LogP contribution in [-0.2, 0) is 24.2 Å². The molecule has 1 saturated heterocycles. The molecule has 0 saturated carbocycles. The second kappa shape index (κ2) is 7.20. The van der Waals surface area contributed by atoms with E-state index in [0.29, 0.717) is 18.0 Å². The third kappa shape index (κ3) is 3.59. The van der Waals surface area contributed by atoms with Crippen LogP contribution >= 0.6 is 11.6 Å². The van der Waals surface area contributed by atoms with Gasteiger partial charge in [0.25, 0.3) is 0 Å². The van der Waals surface area contributed by atoms with Gasteiger partial charge in [-0.3, -0.25) is 14.4 Å². The first-order valence-electron chi connectivity index (χ1n) is 7.34. The molecule has 0 unspecified atom stereocenters. The summed E-state index contributed by atoms with van der Waals surface area (Å²) in [7, 11) is 0. The van der Waals surface area contributed by atoms with Crippen LogP contribution in [0.25, 0.3) is 0 Å². The van der Waals surface area contributed by atoms with Gasteiger partial charge in [0.1, 0.15) is 0 Å². The minimum Gasteiger partial charge on any atom is -0.314 e. The van der Waals surface area contributed by atoms with Crippen LogP contribution in [0.4, 0.5) is 0 Å². The van der Waals surface area contributed by atoms with Gasteiger partial charge in [0.2, 0.25) is 0 Å². The Morgan fingerprint density at radius 3 is 2.65 bits per heavy atom. The van der Waals surface area contributed by atoms with Crippen molar-refractivity contribution in [1.29, 1.82) is 0 Å². The molecule has 1 N–H and O–H groups in total. The summed E-state index contributed by atoms with van der Waals surface area (Å²) >= 11 is 6.34. The summed E-state index contributed by atoms with van der Waals surface area (Å²) in [5, 5.41) is 8.41. The number of carbonyl (C=O) groups is 1. The number of aryl methyl sites for hydroxylation is 2. The van der Waals surface area contributed by atoms with Crippen molar-refractivity contribution in [3.63, 3.8) is 0 Å². The zero-order valence-electron chi connectivity index (χ0n) is 12.3. The number of halogens is 1. The van der Waals surface area contributed by atoms with Crippen molar-refractivity contribution in [2.75, 3.05) is 32.7 Å². The average Bonchev–Trinajstić information content (AvgIpc) is 2.76. The third-order valence-electron chi connectivity index (χ3n) is 3.67. The molecule has 20 heavy (non-hydrogen) atoms. The number of Topliss-reactive ketones (excluding diaryl/α,β-unsaturated/α-hetero) is 1. The van der Waals surface area contributed by atoms with Gasteiger partial charge in [-0.25, -0.2) is 0 Å². The number of hydrogen-bond acceptors (Lipinski definition) is 4. The average molecular weight is 299 g/mol.